The van der Waals surface area contributed by atoms with E-state index in [1.807, 2.05) is 0 Å². The van der Waals surface area contributed by atoms with Gasteiger partial charge in [-0.05, 0) is 25.2 Å². The molecule has 0 bridgehead atoms. The van der Waals surface area contributed by atoms with E-state index < -0.39 is 34.3 Å². The maximum Gasteiger partial charge on any atom is 0.430 e. The Morgan fingerprint density at radius 2 is 2.10 bits per heavy atom. The van der Waals surface area contributed by atoms with Crippen LogP contribution in [0.1, 0.15) is 19.3 Å². The van der Waals surface area contributed by atoms with E-state index in [0.717, 1.165) is 32.6 Å². The lowest BCUT2D eigenvalue weighted by atomic mass is 9.94. The Kier molecular flexibility index (Phi) is 7.92. The fraction of sp³-hybridized carbons (Fsp3) is 0.588. The number of hydrogen-bond donors (Lipinski definition) is 1. The minimum atomic E-state index is -4.80. The zero-order chi connectivity index (χ0) is 22.3. The average Bonchev–Trinajstić information content (AvgIpc) is 2.71. The number of halogens is 3. The summed E-state index contributed by atoms with van der Waals surface area (Å²) >= 11 is 0. The monoisotopic (exact) mass is 432 g/mol. The summed E-state index contributed by atoms with van der Waals surface area (Å²) in [7, 11) is 2.79. The van der Waals surface area contributed by atoms with Gasteiger partial charge in [0.05, 0.1) is 4.92 Å². The lowest BCUT2D eigenvalue weighted by molar-refractivity contribution is -0.385. The van der Waals surface area contributed by atoms with Gasteiger partial charge in [-0.15, -0.1) is 0 Å². The summed E-state index contributed by atoms with van der Waals surface area (Å²) in [5, 5.41) is 11.7. The van der Waals surface area contributed by atoms with E-state index in [1.54, 1.807) is 12.0 Å². The van der Waals surface area contributed by atoms with Crippen molar-refractivity contribution in [3.8, 4) is 5.88 Å². The van der Waals surface area contributed by atoms with E-state index in [1.165, 1.54) is 0 Å². The Hall–Kier alpha value is -2.96. The summed E-state index contributed by atoms with van der Waals surface area (Å²) in [6.45, 7) is 1.70. The molecule has 0 unspecified atom stereocenters. The van der Waals surface area contributed by atoms with Gasteiger partial charge in [0.25, 0.3) is 0 Å². The van der Waals surface area contributed by atoms with Crippen LogP contribution in [0.15, 0.2) is 23.1 Å². The highest BCUT2D eigenvalue weighted by Crippen LogP contribution is 2.36. The van der Waals surface area contributed by atoms with Gasteiger partial charge in [0.1, 0.15) is 12.0 Å². The van der Waals surface area contributed by atoms with Crippen molar-refractivity contribution in [1.82, 2.24) is 9.97 Å². The first-order chi connectivity index (χ1) is 14.2. The molecule has 1 aliphatic heterocycles. The predicted octanol–water partition coefficient (Wildman–Crippen LogP) is 2.45. The Morgan fingerprint density at radius 3 is 2.63 bits per heavy atom. The molecule has 1 fully saturated rings. The van der Waals surface area contributed by atoms with Crippen molar-refractivity contribution in [1.29, 1.82) is 0 Å². The van der Waals surface area contributed by atoms with Crippen molar-refractivity contribution in [2.24, 2.45) is 16.6 Å². The Labute approximate surface area is 170 Å². The van der Waals surface area contributed by atoms with E-state index in [4.69, 9.17) is 15.2 Å². The van der Waals surface area contributed by atoms with Gasteiger partial charge < -0.3 is 20.1 Å². The highest BCUT2D eigenvalue weighted by molar-refractivity contribution is 5.90. The van der Waals surface area contributed by atoms with Crippen LogP contribution in [0.3, 0.4) is 0 Å². The van der Waals surface area contributed by atoms with Gasteiger partial charge in [-0.2, -0.15) is 18.2 Å². The molecule has 13 heteroatoms. The number of aliphatic imine (C=N–C) groups is 1. The second-order valence-electron chi connectivity index (χ2n) is 6.58. The summed E-state index contributed by atoms with van der Waals surface area (Å²) in [4.78, 5) is 24.0. The molecule has 0 amide bonds. The number of nitrogens with two attached hydrogens (primary N) is 1. The minimum absolute atomic E-state index is 0.0402. The Bertz CT molecular complexity index is 807. The molecule has 0 saturated carbocycles. The van der Waals surface area contributed by atoms with Crippen molar-refractivity contribution in [3.05, 3.63) is 28.2 Å². The van der Waals surface area contributed by atoms with Crippen LogP contribution in [0, 0.1) is 16.0 Å². The standard InChI is InChI=1S/C17H23F3N6O4/c1-22-13(9-12(21)17(18,19)20)30-16-14(26(27)28)15(23-10-24-16)25-6-3-11(4-7-25)5-8-29-2/h9-11H,3-8,21H2,1-2H3. The third-order valence-electron chi connectivity index (χ3n) is 4.62. The molecule has 1 aromatic heterocycles. The minimum Gasteiger partial charge on any atom is -0.415 e. The molecule has 2 rings (SSSR count). The van der Waals surface area contributed by atoms with E-state index in [2.05, 4.69) is 15.0 Å². The summed E-state index contributed by atoms with van der Waals surface area (Å²) in [5.74, 6) is -0.611. The Balaban J connectivity index is 2.26. The van der Waals surface area contributed by atoms with Crippen molar-refractivity contribution >= 4 is 17.4 Å². The molecule has 10 nitrogen and oxygen atoms in total. The number of nitro groups is 1. The Morgan fingerprint density at radius 1 is 1.43 bits per heavy atom. The van der Waals surface area contributed by atoms with E-state index in [-0.39, 0.29) is 5.82 Å². The molecular formula is C17H23F3N6O4. The number of hydrogen-bond acceptors (Lipinski definition) is 9. The zero-order valence-corrected chi connectivity index (χ0v) is 16.6. The normalized spacial score (nSPS) is 16.6. The second kappa shape index (κ2) is 10.2. The molecule has 0 radical (unpaired) electrons. The van der Waals surface area contributed by atoms with Gasteiger partial charge in [0.2, 0.25) is 11.7 Å². The largest absolute Gasteiger partial charge is 0.430 e. The van der Waals surface area contributed by atoms with Crippen LogP contribution in [-0.2, 0) is 4.74 Å². The third kappa shape index (κ3) is 6.02. The van der Waals surface area contributed by atoms with E-state index in [0.29, 0.717) is 31.7 Å². The number of anilines is 1. The number of rotatable bonds is 7. The molecule has 0 spiro atoms. The summed E-state index contributed by atoms with van der Waals surface area (Å²) in [6.07, 6.45) is -0.810. The number of ether oxygens (including phenoxy) is 2. The lowest BCUT2D eigenvalue weighted by Crippen LogP contribution is -2.35. The zero-order valence-electron chi connectivity index (χ0n) is 16.6. The first-order valence-electron chi connectivity index (χ1n) is 9.09. The number of nitrogens with zero attached hydrogens (tertiary/aromatic N) is 5. The number of piperidine rings is 1. The smallest absolute Gasteiger partial charge is 0.415 e. The number of alkyl halides is 3. The topological polar surface area (TPSA) is 129 Å². The van der Waals surface area contributed by atoms with Gasteiger partial charge >= 0.3 is 17.7 Å². The summed E-state index contributed by atoms with van der Waals surface area (Å²) < 4.78 is 48.2. The van der Waals surface area contributed by atoms with Gasteiger partial charge in [0.15, 0.2) is 0 Å². The fourth-order valence-electron chi connectivity index (χ4n) is 2.99. The average molecular weight is 432 g/mol. The second-order valence-corrected chi connectivity index (χ2v) is 6.58. The van der Waals surface area contributed by atoms with Gasteiger partial charge in [0, 0.05) is 39.9 Å². The molecule has 1 aliphatic rings. The maximum atomic E-state index is 12.7. The number of methoxy groups -OCH3 is 1. The van der Waals surface area contributed by atoms with Crippen LogP contribution in [0.2, 0.25) is 0 Å². The highest BCUT2D eigenvalue weighted by atomic mass is 19.4. The fourth-order valence-corrected chi connectivity index (χ4v) is 2.99. The van der Waals surface area contributed by atoms with E-state index >= 15 is 0 Å². The molecule has 30 heavy (non-hydrogen) atoms. The molecule has 2 heterocycles. The van der Waals surface area contributed by atoms with Gasteiger partial charge in [-0.1, -0.05) is 0 Å². The molecular weight excluding hydrogens is 409 g/mol. The predicted molar refractivity (Wildman–Crippen MR) is 102 cm³/mol. The summed E-state index contributed by atoms with van der Waals surface area (Å²) in [6, 6.07) is 0. The third-order valence-corrected chi connectivity index (χ3v) is 4.62. The number of aromatic nitrogens is 2. The van der Waals surface area contributed by atoms with Crippen LogP contribution in [-0.4, -0.2) is 60.8 Å². The molecule has 2 N–H and O–H groups in total. The van der Waals surface area contributed by atoms with Crippen LogP contribution < -0.4 is 15.4 Å². The van der Waals surface area contributed by atoms with Crippen molar-refractivity contribution in [2.75, 3.05) is 38.8 Å². The van der Waals surface area contributed by atoms with Crippen LogP contribution in [0.4, 0.5) is 24.7 Å². The van der Waals surface area contributed by atoms with Crippen LogP contribution in [0.25, 0.3) is 0 Å². The molecule has 0 atom stereocenters. The SMILES string of the molecule is CN=C(C=C(N)C(F)(F)F)Oc1ncnc(N2CCC(CCOC)CC2)c1[N+](=O)[O-]. The molecule has 1 aromatic rings. The van der Waals surface area contributed by atoms with E-state index in [9.17, 15) is 23.3 Å². The first kappa shape index (κ1) is 23.3. The first-order valence-corrected chi connectivity index (χ1v) is 9.09. The molecule has 1 saturated heterocycles. The van der Waals surface area contributed by atoms with Gasteiger partial charge in [-0.3, -0.25) is 15.1 Å². The number of allylic oxidation sites excluding steroid dienone is 1. The highest BCUT2D eigenvalue weighted by Gasteiger charge is 2.34. The van der Waals surface area contributed by atoms with Crippen molar-refractivity contribution < 1.29 is 27.6 Å². The molecule has 0 aromatic carbocycles. The van der Waals surface area contributed by atoms with Crippen molar-refractivity contribution in [3.63, 3.8) is 0 Å². The summed E-state index contributed by atoms with van der Waals surface area (Å²) in [5.41, 5.74) is 2.96. The van der Waals surface area contributed by atoms with Crippen LogP contribution >= 0.6 is 0 Å². The quantitative estimate of drug-likeness (QED) is 0.301. The lowest BCUT2D eigenvalue weighted by Gasteiger charge is -2.32. The maximum absolute atomic E-state index is 12.7. The van der Waals surface area contributed by atoms with Crippen LogP contribution in [0.5, 0.6) is 5.88 Å². The van der Waals surface area contributed by atoms with Crippen molar-refractivity contribution in [2.45, 2.75) is 25.4 Å². The molecule has 166 valence electrons. The van der Waals surface area contributed by atoms with Gasteiger partial charge in [-0.25, -0.2) is 4.98 Å². The molecule has 0 aliphatic carbocycles.